The van der Waals surface area contributed by atoms with E-state index < -0.39 is 29.4 Å². The van der Waals surface area contributed by atoms with Gasteiger partial charge in [0.25, 0.3) is 0 Å². The molecular weight excluding hydrogens is 363 g/mol. The molecule has 1 amide bonds. The van der Waals surface area contributed by atoms with E-state index in [1.165, 1.54) is 12.1 Å². The summed E-state index contributed by atoms with van der Waals surface area (Å²) in [5.41, 5.74) is 0.252. The van der Waals surface area contributed by atoms with Gasteiger partial charge in [-0.05, 0) is 38.1 Å². The lowest BCUT2D eigenvalue weighted by Gasteiger charge is -2.10. The van der Waals surface area contributed by atoms with Crippen LogP contribution in [0.4, 0.5) is 10.2 Å². The van der Waals surface area contributed by atoms with Gasteiger partial charge < -0.3 is 14.6 Å². The van der Waals surface area contributed by atoms with Crippen LogP contribution in [-0.4, -0.2) is 40.4 Å². The van der Waals surface area contributed by atoms with Crippen LogP contribution >= 0.6 is 11.8 Å². The summed E-state index contributed by atoms with van der Waals surface area (Å²) in [5, 5.41) is 5.67. The van der Waals surface area contributed by atoms with Crippen LogP contribution < -0.4 is 5.32 Å². The monoisotopic (exact) mass is 380 g/mol. The third-order valence-electron chi connectivity index (χ3n) is 3.23. The summed E-state index contributed by atoms with van der Waals surface area (Å²) in [7, 11) is 0. The van der Waals surface area contributed by atoms with Crippen LogP contribution in [0, 0.1) is 12.7 Å². The normalized spacial score (nSPS) is 11.7. The largest absolute Gasteiger partial charge is 0.457 e. The van der Waals surface area contributed by atoms with E-state index in [0.717, 1.165) is 23.9 Å². The summed E-state index contributed by atoms with van der Waals surface area (Å²) in [4.78, 5) is 35.5. The lowest BCUT2D eigenvalue weighted by Crippen LogP contribution is -2.24. The number of thioether (sulfide) groups is 1. The Hall–Kier alpha value is -2.68. The van der Waals surface area contributed by atoms with Crippen molar-refractivity contribution >= 4 is 35.2 Å². The number of carbonyl (C=O) groups excluding carboxylic acids is 3. The van der Waals surface area contributed by atoms with Crippen LogP contribution in [0.2, 0.25) is 0 Å². The SMILES string of the molecule is Cc1cc(NC(=O)[C@H](C)SCC(=O)OCC(=O)c2ccc(F)cc2)no1. The maximum Gasteiger partial charge on any atom is 0.316 e. The Morgan fingerprint density at radius 3 is 2.62 bits per heavy atom. The van der Waals surface area contributed by atoms with Crippen molar-refractivity contribution in [1.82, 2.24) is 5.16 Å². The van der Waals surface area contributed by atoms with Gasteiger partial charge in [-0.2, -0.15) is 0 Å². The van der Waals surface area contributed by atoms with Gasteiger partial charge in [0, 0.05) is 11.6 Å². The van der Waals surface area contributed by atoms with E-state index >= 15 is 0 Å². The molecule has 0 spiro atoms. The molecule has 0 fully saturated rings. The van der Waals surface area contributed by atoms with Crippen LogP contribution in [0.5, 0.6) is 0 Å². The highest BCUT2D eigenvalue weighted by Crippen LogP contribution is 2.14. The quantitative estimate of drug-likeness (QED) is 0.555. The highest BCUT2D eigenvalue weighted by Gasteiger charge is 2.18. The van der Waals surface area contributed by atoms with Crippen LogP contribution in [0.3, 0.4) is 0 Å². The number of nitrogens with one attached hydrogen (secondary N) is 1. The standard InChI is InChI=1S/C17H17FN2O5S/c1-10-7-15(20-25-10)19-17(23)11(2)26-9-16(22)24-8-14(21)12-3-5-13(18)6-4-12/h3-7,11H,8-9H2,1-2H3,(H,19,20,23)/t11-/m0/s1. The zero-order valence-electron chi connectivity index (χ0n) is 14.2. The summed E-state index contributed by atoms with van der Waals surface area (Å²) < 4.78 is 22.5. The lowest BCUT2D eigenvalue weighted by atomic mass is 10.1. The van der Waals surface area contributed by atoms with Gasteiger partial charge in [0.15, 0.2) is 18.2 Å². The number of anilines is 1. The number of Topliss-reactive ketones (excluding diaryl/α,β-unsaturated/α-hetero) is 1. The van der Waals surface area contributed by atoms with E-state index in [9.17, 15) is 18.8 Å². The molecule has 2 aromatic rings. The molecule has 9 heteroatoms. The molecule has 1 atom stereocenters. The second-order valence-corrected chi connectivity index (χ2v) is 6.69. The molecule has 0 bridgehead atoms. The number of carbonyl (C=O) groups is 3. The van der Waals surface area contributed by atoms with Gasteiger partial charge in [-0.15, -0.1) is 11.8 Å². The first-order chi connectivity index (χ1) is 12.3. The van der Waals surface area contributed by atoms with Gasteiger partial charge >= 0.3 is 5.97 Å². The van der Waals surface area contributed by atoms with E-state index in [1.807, 2.05) is 0 Å². The molecule has 7 nitrogen and oxygen atoms in total. The van der Waals surface area contributed by atoms with Crippen molar-refractivity contribution in [1.29, 1.82) is 0 Å². The molecule has 0 aliphatic heterocycles. The van der Waals surface area contributed by atoms with Crippen molar-refractivity contribution in [2.75, 3.05) is 17.7 Å². The Kier molecular flexibility index (Phi) is 6.90. The van der Waals surface area contributed by atoms with E-state index in [0.29, 0.717) is 11.6 Å². The number of amides is 1. The average Bonchev–Trinajstić information content (AvgIpc) is 3.02. The van der Waals surface area contributed by atoms with Crippen LogP contribution in [0.15, 0.2) is 34.9 Å². The fourth-order valence-corrected chi connectivity index (χ4v) is 2.51. The molecule has 1 aromatic carbocycles. The van der Waals surface area contributed by atoms with Crippen molar-refractivity contribution in [2.45, 2.75) is 19.1 Å². The number of hydrogen-bond acceptors (Lipinski definition) is 7. The Morgan fingerprint density at radius 1 is 1.31 bits per heavy atom. The van der Waals surface area contributed by atoms with Crippen LogP contribution in [0.25, 0.3) is 0 Å². The number of ketones is 1. The minimum Gasteiger partial charge on any atom is -0.457 e. The molecule has 2 rings (SSSR count). The Bertz CT molecular complexity index is 791. The van der Waals surface area contributed by atoms with Crippen LogP contribution in [-0.2, 0) is 14.3 Å². The molecule has 26 heavy (non-hydrogen) atoms. The predicted octanol–water partition coefficient (Wildman–Crippen LogP) is 2.61. The molecule has 0 aliphatic rings. The van der Waals surface area contributed by atoms with Gasteiger partial charge in [-0.1, -0.05) is 5.16 Å². The van der Waals surface area contributed by atoms with Gasteiger partial charge in [0.2, 0.25) is 5.91 Å². The minimum atomic E-state index is -0.623. The summed E-state index contributed by atoms with van der Waals surface area (Å²) >= 11 is 1.06. The Labute approximate surface area is 153 Å². The number of aromatic nitrogens is 1. The summed E-state index contributed by atoms with van der Waals surface area (Å²) in [5.74, 6) is -1.08. The third-order valence-corrected chi connectivity index (χ3v) is 4.35. The predicted molar refractivity (Wildman–Crippen MR) is 93.5 cm³/mol. The molecule has 0 aliphatic carbocycles. The Morgan fingerprint density at radius 2 is 2.00 bits per heavy atom. The molecule has 0 radical (unpaired) electrons. The summed E-state index contributed by atoms with van der Waals surface area (Å²) in [6, 6.07) is 6.52. The number of benzene rings is 1. The lowest BCUT2D eigenvalue weighted by molar-refractivity contribution is -0.139. The van der Waals surface area contributed by atoms with Gasteiger partial charge in [-0.25, -0.2) is 4.39 Å². The number of halogens is 1. The first kappa shape index (κ1) is 19.6. The second kappa shape index (κ2) is 9.14. The number of hydrogen-bond donors (Lipinski definition) is 1. The Balaban J connectivity index is 1.71. The van der Waals surface area contributed by atoms with Gasteiger partial charge in [0.1, 0.15) is 11.6 Å². The van der Waals surface area contributed by atoms with Crippen LogP contribution in [0.1, 0.15) is 23.0 Å². The molecule has 1 N–H and O–H groups in total. The number of esters is 1. The summed E-state index contributed by atoms with van der Waals surface area (Å²) in [6.45, 7) is 2.89. The maximum absolute atomic E-state index is 12.8. The first-order valence-electron chi connectivity index (χ1n) is 7.65. The van der Waals surface area contributed by atoms with E-state index in [4.69, 9.17) is 9.26 Å². The van der Waals surface area contributed by atoms with Gasteiger partial charge in [0.05, 0.1) is 11.0 Å². The summed E-state index contributed by atoms with van der Waals surface area (Å²) in [6.07, 6.45) is 0. The zero-order valence-corrected chi connectivity index (χ0v) is 15.0. The van der Waals surface area contributed by atoms with E-state index in [1.54, 1.807) is 19.9 Å². The third kappa shape index (κ3) is 5.99. The van der Waals surface area contributed by atoms with Crippen molar-refractivity contribution < 1.29 is 28.0 Å². The van der Waals surface area contributed by atoms with Gasteiger partial charge in [-0.3, -0.25) is 14.4 Å². The highest BCUT2D eigenvalue weighted by atomic mass is 32.2. The number of nitrogens with zero attached hydrogens (tertiary/aromatic N) is 1. The molecule has 0 saturated carbocycles. The molecule has 0 unspecified atom stereocenters. The molecule has 138 valence electrons. The molecule has 0 saturated heterocycles. The maximum atomic E-state index is 12.8. The first-order valence-corrected chi connectivity index (χ1v) is 8.70. The molecular formula is C17H17FN2O5S. The fourth-order valence-electron chi connectivity index (χ4n) is 1.83. The second-order valence-electron chi connectivity index (χ2n) is 5.36. The fraction of sp³-hybridized carbons (Fsp3) is 0.294. The van der Waals surface area contributed by atoms with Crippen molar-refractivity contribution in [3.05, 3.63) is 47.5 Å². The van der Waals surface area contributed by atoms with Crippen molar-refractivity contribution in [3.8, 4) is 0 Å². The zero-order chi connectivity index (χ0) is 19.1. The topological polar surface area (TPSA) is 98.5 Å². The molecule has 1 aromatic heterocycles. The smallest absolute Gasteiger partial charge is 0.316 e. The highest BCUT2D eigenvalue weighted by molar-refractivity contribution is 8.01. The number of aryl methyl sites for hydroxylation is 1. The van der Waals surface area contributed by atoms with E-state index in [-0.39, 0.29) is 17.2 Å². The average molecular weight is 380 g/mol. The number of rotatable bonds is 8. The minimum absolute atomic E-state index is 0.0941. The van der Waals surface area contributed by atoms with E-state index in [2.05, 4.69) is 10.5 Å². The van der Waals surface area contributed by atoms with Crippen molar-refractivity contribution in [2.24, 2.45) is 0 Å². The van der Waals surface area contributed by atoms with Crippen molar-refractivity contribution in [3.63, 3.8) is 0 Å². The molecule has 1 heterocycles. The number of ether oxygens (including phenoxy) is 1.